The van der Waals surface area contributed by atoms with Crippen LogP contribution in [0.5, 0.6) is 0 Å². The first-order chi connectivity index (χ1) is 5.99. The van der Waals surface area contributed by atoms with Crippen molar-refractivity contribution in [3.63, 3.8) is 0 Å². The lowest BCUT2D eigenvalue weighted by molar-refractivity contribution is -0.142. The van der Waals surface area contributed by atoms with E-state index in [1.807, 2.05) is 0 Å². The molecule has 1 atom stereocenters. The number of carboxylic acids is 1. The van der Waals surface area contributed by atoms with Gasteiger partial charge in [0.1, 0.15) is 6.04 Å². The maximum Gasteiger partial charge on any atom is 0.326 e. The number of carbonyl (C=O) groups is 2. The average molecular weight is 183 g/mol. The van der Waals surface area contributed by atoms with E-state index in [2.05, 4.69) is 11.2 Å². The van der Waals surface area contributed by atoms with E-state index in [1.165, 1.54) is 0 Å². The minimum absolute atomic E-state index is 0.0868. The number of carboxylic acid groups (broad SMARTS) is 1. The van der Waals surface area contributed by atoms with Gasteiger partial charge in [0.25, 0.3) is 0 Å². The summed E-state index contributed by atoms with van der Waals surface area (Å²) in [5.41, 5.74) is 0. The van der Waals surface area contributed by atoms with Gasteiger partial charge in [0.05, 0.1) is 6.42 Å². The van der Waals surface area contributed by atoms with Crippen molar-refractivity contribution in [1.82, 2.24) is 5.32 Å². The van der Waals surface area contributed by atoms with Crippen molar-refractivity contribution in [2.24, 2.45) is 5.92 Å². The maximum absolute atomic E-state index is 10.9. The molecular formula is C9H13NO3. The van der Waals surface area contributed by atoms with Crippen LogP contribution >= 0.6 is 0 Å². The Hall–Kier alpha value is -1.50. The van der Waals surface area contributed by atoms with E-state index in [0.29, 0.717) is 0 Å². The molecule has 0 heterocycles. The Morgan fingerprint density at radius 3 is 2.38 bits per heavy atom. The van der Waals surface area contributed by atoms with Crippen molar-refractivity contribution in [3.05, 3.63) is 0 Å². The van der Waals surface area contributed by atoms with Gasteiger partial charge in [-0.05, 0) is 5.92 Å². The van der Waals surface area contributed by atoms with Crippen molar-refractivity contribution in [3.8, 4) is 12.3 Å². The van der Waals surface area contributed by atoms with E-state index in [9.17, 15) is 9.59 Å². The first-order valence-corrected chi connectivity index (χ1v) is 3.94. The Kier molecular flexibility index (Phi) is 4.60. The molecule has 72 valence electrons. The van der Waals surface area contributed by atoms with Crippen LogP contribution in [0, 0.1) is 18.3 Å². The lowest BCUT2D eigenvalue weighted by atomic mass is 10.0. The zero-order chi connectivity index (χ0) is 10.4. The smallest absolute Gasteiger partial charge is 0.326 e. The molecular weight excluding hydrogens is 170 g/mol. The number of hydrogen-bond acceptors (Lipinski definition) is 2. The van der Waals surface area contributed by atoms with Crippen LogP contribution in [-0.4, -0.2) is 23.0 Å². The van der Waals surface area contributed by atoms with Gasteiger partial charge >= 0.3 is 5.97 Å². The number of carbonyl (C=O) groups excluding carboxylic acids is 1. The summed E-state index contributed by atoms with van der Waals surface area (Å²) >= 11 is 0. The number of rotatable bonds is 4. The third-order valence-corrected chi connectivity index (χ3v) is 1.51. The van der Waals surface area contributed by atoms with Crippen LogP contribution in [0.1, 0.15) is 20.3 Å². The second kappa shape index (κ2) is 5.20. The van der Waals surface area contributed by atoms with Crippen LogP contribution in [-0.2, 0) is 9.59 Å². The minimum atomic E-state index is -1.04. The predicted molar refractivity (Wildman–Crippen MR) is 47.9 cm³/mol. The standard InChI is InChI=1S/C9H13NO3/c1-4-5-7(11)10-8(6(2)3)9(12)13/h1,6,8H,5H2,2-3H3,(H,10,11)(H,12,13)/t8-/m1/s1. The van der Waals surface area contributed by atoms with E-state index in [0.717, 1.165) is 0 Å². The molecule has 0 aromatic heterocycles. The van der Waals surface area contributed by atoms with E-state index in [-0.39, 0.29) is 12.3 Å². The van der Waals surface area contributed by atoms with Crippen LogP contribution in [0.4, 0.5) is 0 Å². The molecule has 0 bridgehead atoms. The molecule has 0 fully saturated rings. The zero-order valence-electron chi connectivity index (χ0n) is 7.70. The fourth-order valence-corrected chi connectivity index (χ4v) is 0.831. The fraction of sp³-hybridized carbons (Fsp3) is 0.556. The van der Waals surface area contributed by atoms with E-state index in [1.54, 1.807) is 13.8 Å². The molecule has 0 aromatic carbocycles. The number of nitrogens with one attached hydrogen (secondary N) is 1. The summed E-state index contributed by atoms with van der Waals surface area (Å²) in [5.74, 6) is 0.524. The summed E-state index contributed by atoms with van der Waals surface area (Å²) in [6.07, 6.45) is 4.81. The first kappa shape index (κ1) is 11.5. The third kappa shape index (κ3) is 4.16. The Bertz CT molecular complexity index is 240. The quantitative estimate of drug-likeness (QED) is 0.613. The highest BCUT2D eigenvalue weighted by molar-refractivity contribution is 5.84. The molecule has 0 spiro atoms. The molecule has 0 saturated carbocycles. The van der Waals surface area contributed by atoms with Gasteiger partial charge in [0.15, 0.2) is 0 Å². The van der Waals surface area contributed by atoms with Crippen LogP contribution in [0.2, 0.25) is 0 Å². The van der Waals surface area contributed by atoms with E-state index in [4.69, 9.17) is 11.5 Å². The summed E-state index contributed by atoms with van der Waals surface area (Å²) in [6, 6.07) is -0.860. The molecule has 2 N–H and O–H groups in total. The van der Waals surface area contributed by atoms with Gasteiger partial charge in [-0.15, -0.1) is 6.42 Å². The monoisotopic (exact) mass is 183 g/mol. The van der Waals surface area contributed by atoms with Crippen LogP contribution in [0.3, 0.4) is 0 Å². The molecule has 0 aliphatic heterocycles. The van der Waals surface area contributed by atoms with Crippen LogP contribution in [0.25, 0.3) is 0 Å². The molecule has 0 saturated heterocycles. The fourth-order valence-electron chi connectivity index (χ4n) is 0.831. The van der Waals surface area contributed by atoms with Gasteiger partial charge in [0.2, 0.25) is 5.91 Å². The Balaban J connectivity index is 4.20. The lowest BCUT2D eigenvalue weighted by Gasteiger charge is -2.16. The molecule has 0 unspecified atom stereocenters. The normalized spacial score (nSPS) is 11.8. The number of amides is 1. The van der Waals surface area contributed by atoms with Crippen molar-refractivity contribution in [1.29, 1.82) is 0 Å². The van der Waals surface area contributed by atoms with E-state index >= 15 is 0 Å². The molecule has 0 aliphatic rings. The van der Waals surface area contributed by atoms with Crippen LogP contribution < -0.4 is 5.32 Å². The zero-order valence-corrected chi connectivity index (χ0v) is 7.70. The topological polar surface area (TPSA) is 66.4 Å². The van der Waals surface area contributed by atoms with E-state index < -0.39 is 17.9 Å². The SMILES string of the molecule is C#CCC(=O)N[C@@H](C(=O)O)C(C)C. The van der Waals surface area contributed by atoms with Gasteiger partial charge in [-0.1, -0.05) is 19.8 Å². The van der Waals surface area contributed by atoms with Crippen molar-refractivity contribution in [2.75, 3.05) is 0 Å². The summed E-state index contributed by atoms with van der Waals surface area (Å²) in [6.45, 7) is 3.43. The van der Waals surface area contributed by atoms with Crippen molar-refractivity contribution in [2.45, 2.75) is 26.3 Å². The predicted octanol–water partition coefficient (Wildman–Crippen LogP) is 0.235. The largest absolute Gasteiger partial charge is 0.480 e. The maximum atomic E-state index is 10.9. The number of hydrogen-bond donors (Lipinski definition) is 2. The molecule has 13 heavy (non-hydrogen) atoms. The summed E-state index contributed by atoms with van der Waals surface area (Å²) in [4.78, 5) is 21.6. The van der Waals surface area contributed by atoms with Gasteiger partial charge in [-0.2, -0.15) is 0 Å². The lowest BCUT2D eigenvalue weighted by Crippen LogP contribution is -2.44. The number of terminal acetylenes is 1. The third-order valence-electron chi connectivity index (χ3n) is 1.51. The first-order valence-electron chi connectivity index (χ1n) is 3.94. The van der Waals surface area contributed by atoms with Gasteiger partial charge < -0.3 is 10.4 Å². The Morgan fingerprint density at radius 1 is 1.54 bits per heavy atom. The molecule has 0 aliphatic carbocycles. The van der Waals surface area contributed by atoms with Crippen molar-refractivity contribution >= 4 is 11.9 Å². The van der Waals surface area contributed by atoms with Crippen molar-refractivity contribution < 1.29 is 14.7 Å². The minimum Gasteiger partial charge on any atom is -0.480 e. The molecule has 0 rings (SSSR count). The van der Waals surface area contributed by atoms with Gasteiger partial charge in [-0.25, -0.2) is 4.79 Å². The molecule has 4 heteroatoms. The second-order valence-electron chi connectivity index (χ2n) is 3.01. The van der Waals surface area contributed by atoms with Gasteiger partial charge in [-0.3, -0.25) is 4.79 Å². The van der Waals surface area contributed by atoms with Gasteiger partial charge in [0, 0.05) is 0 Å². The summed E-state index contributed by atoms with van der Waals surface area (Å²) < 4.78 is 0. The average Bonchev–Trinajstić information content (AvgIpc) is 1.99. The summed E-state index contributed by atoms with van der Waals surface area (Å²) in [5, 5.41) is 11.0. The number of aliphatic carboxylic acids is 1. The Morgan fingerprint density at radius 2 is 2.08 bits per heavy atom. The Labute approximate surface area is 77.3 Å². The molecule has 4 nitrogen and oxygen atoms in total. The second-order valence-corrected chi connectivity index (χ2v) is 3.01. The van der Waals surface area contributed by atoms with Crippen LogP contribution in [0.15, 0.2) is 0 Å². The molecule has 0 radical (unpaired) electrons. The highest BCUT2D eigenvalue weighted by atomic mass is 16.4. The molecule has 1 amide bonds. The highest BCUT2D eigenvalue weighted by Gasteiger charge is 2.22. The molecule has 0 aromatic rings. The summed E-state index contributed by atoms with van der Waals surface area (Å²) in [7, 11) is 0. The highest BCUT2D eigenvalue weighted by Crippen LogP contribution is 2.01.